The van der Waals surface area contributed by atoms with Gasteiger partial charge in [-0.2, -0.15) is 0 Å². The summed E-state index contributed by atoms with van der Waals surface area (Å²) in [7, 11) is 0. The summed E-state index contributed by atoms with van der Waals surface area (Å²) in [6.45, 7) is 1.75. The minimum Gasteiger partial charge on any atom is -0.368 e. The number of primary amides is 1. The molecule has 0 aromatic rings. The van der Waals surface area contributed by atoms with E-state index in [0.717, 1.165) is 0 Å². The second-order valence-electron chi connectivity index (χ2n) is 3.53. The van der Waals surface area contributed by atoms with Crippen LogP contribution in [0.25, 0.3) is 0 Å². The highest BCUT2D eigenvalue weighted by Crippen LogP contribution is 2.06. The van der Waals surface area contributed by atoms with Gasteiger partial charge in [-0.1, -0.05) is 6.92 Å². The third-order valence-electron chi connectivity index (χ3n) is 2.38. The molecule has 1 fully saturated rings. The molecule has 3 amide bonds. The van der Waals surface area contributed by atoms with Gasteiger partial charge in [0.2, 0.25) is 17.7 Å². The second kappa shape index (κ2) is 4.77. The fourth-order valence-corrected chi connectivity index (χ4v) is 1.46. The van der Waals surface area contributed by atoms with Crippen LogP contribution < -0.4 is 16.4 Å². The molecule has 4 N–H and O–H groups in total. The molecule has 0 spiro atoms. The van der Waals surface area contributed by atoms with E-state index in [1.54, 1.807) is 6.92 Å². The monoisotopic (exact) mass is 213 g/mol. The molecule has 0 aromatic heterocycles. The topological polar surface area (TPSA) is 101 Å². The normalized spacial score (nSPS) is 21.9. The summed E-state index contributed by atoms with van der Waals surface area (Å²) >= 11 is 0. The van der Waals surface area contributed by atoms with E-state index in [4.69, 9.17) is 5.73 Å². The average Bonchev–Trinajstić information content (AvgIpc) is 2.60. The summed E-state index contributed by atoms with van der Waals surface area (Å²) < 4.78 is 0. The van der Waals surface area contributed by atoms with Crippen LogP contribution in [0.5, 0.6) is 0 Å². The number of nitrogens with two attached hydrogens (primary N) is 1. The van der Waals surface area contributed by atoms with Gasteiger partial charge in [0, 0.05) is 6.42 Å². The lowest BCUT2D eigenvalue weighted by atomic mass is 10.1. The van der Waals surface area contributed by atoms with E-state index in [2.05, 4.69) is 10.6 Å². The first-order chi connectivity index (χ1) is 7.04. The van der Waals surface area contributed by atoms with Gasteiger partial charge in [0.05, 0.1) is 0 Å². The van der Waals surface area contributed by atoms with Crippen LogP contribution in [0, 0.1) is 0 Å². The van der Waals surface area contributed by atoms with Crippen molar-refractivity contribution in [3.05, 3.63) is 0 Å². The first kappa shape index (κ1) is 11.5. The fraction of sp³-hybridized carbons (Fsp3) is 0.667. The third kappa shape index (κ3) is 2.93. The number of rotatable bonds is 4. The fourth-order valence-electron chi connectivity index (χ4n) is 1.46. The molecule has 15 heavy (non-hydrogen) atoms. The van der Waals surface area contributed by atoms with E-state index in [-0.39, 0.29) is 11.8 Å². The van der Waals surface area contributed by atoms with Crippen molar-refractivity contribution in [1.82, 2.24) is 10.6 Å². The molecule has 1 rings (SSSR count). The van der Waals surface area contributed by atoms with Gasteiger partial charge in [-0.15, -0.1) is 0 Å². The Morgan fingerprint density at radius 2 is 2.33 bits per heavy atom. The number of carbonyl (C=O) groups is 3. The second-order valence-corrected chi connectivity index (χ2v) is 3.53. The van der Waals surface area contributed by atoms with Crippen molar-refractivity contribution in [1.29, 1.82) is 0 Å². The van der Waals surface area contributed by atoms with Crippen LogP contribution in [0.1, 0.15) is 26.2 Å². The van der Waals surface area contributed by atoms with Crippen LogP contribution in [-0.4, -0.2) is 29.8 Å². The van der Waals surface area contributed by atoms with Crippen molar-refractivity contribution in [2.75, 3.05) is 0 Å². The predicted octanol–water partition coefficient (Wildman–Crippen LogP) is -1.35. The summed E-state index contributed by atoms with van der Waals surface area (Å²) in [6.07, 6.45) is 1.27. The van der Waals surface area contributed by atoms with Crippen molar-refractivity contribution in [2.24, 2.45) is 5.73 Å². The Bertz CT molecular complexity index is 290. The maximum atomic E-state index is 11.5. The van der Waals surface area contributed by atoms with Gasteiger partial charge in [-0.05, 0) is 12.8 Å². The Labute approximate surface area is 87.6 Å². The minimum absolute atomic E-state index is 0.137. The molecular weight excluding hydrogens is 198 g/mol. The minimum atomic E-state index is -0.657. The number of hydrogen-bond donors (Lipinski definition) is 3. The highest BCUT2D eigenvalue weighted by atomic mass is 16.2. The summed E-state index contributed by atoms with van der Waals surface area (Å²) in [5.74, 6) is -1.04. The number of amides is 3. The zero-order chi connectivity index (χ0) is 11.4. The van der Waals surface area contributed by atoms with E-state index in [1.807, 2.05) is 0 Å². The molecule has 2 atom stereocenters. The van der Waals surface area contributed by atoms with Gasteiger partial charge in [0.1, 0.15) is 12.1 Å². The molecule has 84 valence electrons. The highest BCUT2D eigenvalue weighted by Gasteiger charge is 2.29. The van der Waals surface area contributed by atoms with E-state index in [9.17, 15) is 14.4 Å². The molecule has 6 heteroatoms. The molecule has 0 unspecified atom stereocenters. The lowest BCUT2D eigenvalue weighted by Gasteiger charge is -2.16. The van der Waals surface area contributed by atoms with Crippen molar-refractivity contribution in [3.8, 4) is 0 Å². The van der Waals surface area contributed by atoms with Crippen LogP contribution in [0.4, 0.5) is 0 Å². The lowest BCUT2D eigenvalue weighted by Crippen LogP contribution is -2.50. The van der Waals surface area contributed by atoms with Crippen molar-refractivity contribution in [2.45, 2.75) is 38.3 Å². The molecule has 1 heterocycles. The maximum absolute atomic E-state index is 11.5. The van der Waals surface area contributed by atoms with Gasteiger partial charge >= 0.3 is 0 Å². The molecule has 0 bridgehead atoms. The van der Waals surface area contributed by atoms with Gasteiger partial charge in [0.25, 0.3) is 0 Å². The average molecular weight is 213 g/mol. The quantitative estimate of drug-likeness (QED) is 0.537. The summed E-state index contributed by atoms with van der Waals surface area (Å²) in [4.78, 5) is 33.3. The van der Waals surface area contributed by atoms with Crippen LogP contribution >= 0.6 is 0 Å². The standard InChI is InChI=1S/C9H15N3O3/c1-2-5(8(10)14)12-9(15)6-3-4-7(13)11-6/h5-6H,2-4H2,1H3,(H2,10,14)(H,11,13)(H,12,15)/t5-,6+/m1/s1. The molecule has 0 saturated carbocycles. The number of carbonyl (C=O) groups excluding carboxylic acids is 3. The zero-order valence-electron chi connectivity index (χ0n) is 8.58. The van der Waals surface area contributed by atoms with Gasteiger partial charge < -0.3 is 16.4 Å². The van der Waals surface area contributed by atoms with Crippen molar-refractivity contribution in [3.63, 3.8) is 0 Å². The Morgan fingerprint density at radius 1 is 1.67 bits per heavy atom. The number of hydrogen-bond acceptors (Lipinski definition) is 3. The third-order valence-corrected chi connectivity index (χ3v) is 2.38. The van der Waals surface area contributed by atoms with Crippen LogP contribution in [-0.2, 0) is 14.4 Å². The first-order valence-electron chi connectivity index (χ1n) is 4.93. The molecule has 0 radical (unpaired) electrons. The molecule has 0 aliphatic carbocycles. The van der Waals surface area contributed by atoms with Crippen LogP contribution in [0.3, 0.4) is 0 Å². The van der Waals surface area contributed by atoms with E-state index in [1.165, 1.54) is 0 Å². The Kier molecular flexibility index (Phi) is 3.65. The summed E-state index contributed by atoms with van der Waals surface area (Å²) in [6, 6.07) is -1.18. The highest BCUT2D eigenvalue weighted by molar-refractivity contribution is 5.93. The van der Waals surface area contributed by atoms with Gasteiger partial charge in [0.15, 0.2) is 0 Å². The summed E-state index contributed by atoms with van der Waals surface area (Å²) in [5, 5.41) is 5.02. The van der Waals surface area contributed by atoms with Gasteiger partial charge in [-0.3, -0.25) is 14.4 Å². The first-order valence-corrected chi connectivity index (χ1v) is 4.93. The molecule has 1 saturated heterocycles. The van der Waals surface area contributed by atoms with Crippen molar-refractivity contribution >= 4 is 17.7 Å². The maximum Gasteiger partial charge on any atom is 0.243 e. The number of nitrogens with one attached hydrogen (secondary N) is 2. The molecule has 1 aliphatic heterocycles. The van der Waals surface area contributed by atoms with E-state index in [0.29, 0.717) is 19.3 Å². The Balaban J connectivity index is 2.47. The predicted molar refractivity (Wildman–Crippen MR) is 52.6 cm³/mol. The molecule has 6 nitrogen and oxygen atoms in total. The molecular formula is C9H15N3O3. The van der Waals surface area contributed by atoms with E-state index >= 15 is 0 Å². The molecule has 1 aliphatic rings. The van der Waals surface area contributed by atoms with Gasteiger partial charge in [-0.25, -0.2) is 0 Å². The summed E-state index contributed by atoms with van der Waals surface area (Å²) in [5.41, 5.74) is 5.08. The van der Waals surface area contributed by atoms with E-state index < -0.39 is 18.0 Å². The van der Waals surface area contributed by atoms with Crippen molar-refractivity contribution < 1.29 is 14.4 Å². The smallest absolute Gasteiger partial charge is 0.243 e. The Morgan fingerprint density at radius 3 is 2.73 bits per heavy atom. The largest absolute Gasteiger partial charge is 0.368 e. The van der Waals surface area contributed by atoms with Crippen LogP contribution in [0.15, 0.2) is 0 Å². The molecule has 0 aromatic carbocycles. The SMILES string of the molecule is CC[C@@H](NC(=O)[C@@H]1CCC(=O)N1)C(N)=O. The zero-order valence-corrected chi connectivity index (χ0v) is 8.58. The lowest BCUT2D eigenvalue weighted by molar-refractivity contribution is -0.129. The van der Waals surface area contributed by atoms with Crippen LogP contribution in [0.2, 0.25) is 0 Å². The Hall–Kier alpha value is -1.59.